The molecule has 0 N–H and O–H groups in total. The molecule has 0 atom stereocenters. The highest BCUT2D eigenvalue weighted by atomic mass is 35.5. The highest BCUT2D eigenvalue weighted by Crippen LogP contribution is 2.20. The molecule has 3 rings (SSSR count). The van der Waals surface area contributed by atoms with Gasteiger partial charge >= 0.3 is 0 Å². The van der Waals surface area contributed by atoms with Crippen LogP contribution in [0.3, 0.4) is 0 Å². The van der Waals surface area contributed by atoms with Crippen LogP contribution >= 0.6 is 24.0 Å². The van der Waals surface area contributed by atoms with Gasteiger partial charge in [-0.15, -0.1) is 12.4 Å². The normalized spacial score (nSPS) is 10.3. The van der Waals surface area contributed by atoms with Gasteiger partial charge in [0.05, 0.1) is 10.7 Å². The minimum atomic E-state index is -0.249. The summed E-state index contributed by atoms with van der Waals surface area (Å²) >= 11 is 5.90. The maximum atomic E-state index is 12.8. The monoisotopic (exact) mass is 282 g/mol. The highest BCUT2D eigenvalue weighted by Gasteiger charge is 2.04. The van der Waals surface area contributed by atoms with Crippen LogP contribution < -0.4 is 0 Å². The smallest absolute Gasteiger partial charge is 0.137 e. The first-order valence-corrected chi connectivity index (χ1v) is 5.50. The summed E-state index contributed by atoms with van der Waals surface area (Å²) in [5.74, 6) is -0.249. The molecule has 18 heavy (non-hydrogen) atoms. The standard InChI is InChI=1S/C13H8ClFN2.ClH/c14-10-3-6-13-16-12(8-17(13)7-10)9-1-4-11(15)5-2-9;/h1-8H;1H. The lowest BCUT2D eigenvalue weighted by Crippen LogP contribution is -1.79. The second-order valence-electron chi connectivity index (χ2n) is 3.75. The molecule has 2 aromatic heterocycles. The number of hydrogen-bond acceptors (Lipinski definition) is 1. The number of aromatic nitrogens is 2. The van der Waals surface area contributed by atoms with Gasteiger partial charge in [-0.2, -0.15) is 0 Å². The minimum Gasteiger partial charge on any atom is -0.305 e. The summed E-state index contributed by atoms with van der Waals surface area (Å²) in [6, 6.07) is 9.89. The summed E-state index contributed by atoms with van der Waals surface area (Å²) in [4.78, 5) is 4.44. The minimum absolute atomic E-state index is 0. The lowest BCUT2D eigenvalue weighted by atomic mass is 10.2. The van der Waals surface area contributed by atoms with Crippen molar-refractivity contribution in [3.05, 3.63) is 59.6 Å². The maximum Gasteiger partial charge on any atom is 0.137 e. The van der Waals surface area contributed by atoms with E-state index in [0.29, 0.717) is 5.02 Å². The van der Waals surface area contributed by atoms with Crippen LogP contribution in [0.5, 0.6) is 0 Å². The zero-order valence-electron chi connectivity index (χ0n) is 9.18. The molecule has 0 spiro atoms. The summed E-state index contributed by atoms with van der Waals surface area (Å²) in [5.41, 5.74) is 2.49. The molecule has 0 aliphatic rings. The predicted octanol–water partition coefficient (Wildman–Crippen LogP) is 4.22. The van der Waals surface area contributed by atoms with Gasteiger partial charge in [-0.25, -0.2) is 9.37 Å². The van der Waals surface area contributed by atoms with E-state index >= 15 is 0 Å². The number of imidazole rings is 1. The average Bonchev–Trinajstić information content (AvgIpc) is 2.72. The second kappa shape index (κ2) is 4.96. The molecule has 0 bridgehead atoms. The molecular weight excluding hydrogens is 274 g/mol. The van der Waals surface area contributed by atoms with Crippen LogP contribution in [0, 0.1) is 5.82 Å². The zero-order valence-corrected chi connectivity index (χ0v) is 10.7. The molecule has 0 saturated carbocycles. The van der Waals surface area contributed by atoms with Crippen molar-refractivity contribution in [3.8, 4) is 11.3 Å². The van der Waals surface area contributed by atoms with Gasteiger partial charge < -0.3 is 4.40 Å². The highest BCUT2D eigenvalue weighted by molar-refractivity contribution is 6.30. The first-order chi connectivity index (χ1) is 8.22. The number of pyridine rings is 1. The van der Waals surface area contributed by atoms with Gasteiger partial charge in [-0.3, -0.25) is 0 Å². The fraction of sp³-hybridized carbons (Fsp3) is 0. The Balaban J connectivity index is 0.00000120. The van der Waals surface area contributed by atoms with E-state index in [0.717, 1.165) is 16.9 Å². The summed E-state index contributed by atoms with van der Waals surface area (Å²) in [6.45, 7) is 0. The van der Waals surface area contributed by atoms with Crippen LogP contribution in [0.4, 0.5) is 4.39 Å². The third kappa shape index (κ3) is 2.33. The average molecular weight is 283 g/mol. The molecule has 0 fully saturated rings. The van der Waals surface area contributed by atoms with Gasteiger partial charge in [0.25, 0.3) is 0 Å². The summed E-state index contributed by atoms with van der Waals surface area (Å²) in [7, 11) is 0. The molecule has 5 heteroatoms. The molecule has 2 nitrogen and oxygen atoms in total. The molecule has 0 aliphatic heterocycles. The van der Waals surface area contributed by atoms with Crippen molar-refractivity contribution in [1.29, 1.82) is 0 Å². The van der Waals surface area contributed by atoms with Gasteiger partial charge in [0.2, 0.25) is 0 Å². The van der Waals surface area contributed by atoms with E-state index in [1.54, 1.807) is 24.4 Å². The van der Waals surface area contributed by atoms with Crippen LogP contribution in [0.25, 0.3) is 16.9 Å². The largest absolute Gasteiger partial charge is 0.305 e. The van der Waals surface area contributed by atoms with E-state index in [2.05, 4.69) is 4.98 Å². The molecule has 0 amide bonds. The Hall–Kier alpha value is -1.58. The SMILES string of the molecule is Cl.Fc1ccc(-c2cn3cc(Cl)ccc3n2)cc1. The van der Waals surface area contributed by atoms with Crippen molar-refractivity contribution in [2.24, 2.45) is 0 Å². The van der Waals surface area contributed by atoms with Crippen LogP contribution in [0.1, 0.15) is 0 Å². The van der Waals surface area contributed by atoms with Crippen LogP contribution in [0.2, 0.25) is 5.02 Å². The zero-order chi connectivity index (χ0) is 11.8. The van der Waals surface area contributed by atoms with E-state index in [-0.39, 0.29) is 18.2 Å². The van der Waals surface area contributed by atoms with Gasteiger partial charge in [-0.1, -0.05) is 11.6 Å². The number of hydrogen-bond donors (Lipinski definition) is 0. The van der Waals surface area contributed by atoms with E-state index in [1.807, 2.05) is 16.7 Å². The Morgan fingerprint density at radius 1 is 1.00 bits per heavy atom. The quantitative estimate of drug-likeness (QED) is 0.653. The van der Waals surface area contributed by atoms with Crippen LogP contribution in [0.15, 0.2) is 48.8 Å². The fourth-order valence-corrected chi connectivity index (χ4v) is 1.89. The number of fused-ring (bicyclic) bond motifs is 1. The molecule has 92 valence electrons. The topological polar surface area (TPSA) is 17.3 Å². The Bertz CT molecular complexity index is 677. The van der Waals surface area contributed by atoms with Crippen molar-refractivity contribution in [1.82, 2.24) is 9.38 Å². The first-order valence-electron chi connectivity index (χ1n) is 5.12. The molecule has 0 aliphatic carbocycles. The van der Waals surface area contributed by atoms with Crippen molar-refractivity contribution in [3.63, 3.8) is 0 Å². The molecule has 0 saturated heterocycles. The Kier molecular flexibility index (Phi) is 3.55. The number of rotatable bonds is 1. The van der Waals surface area contributed by atoms with E-state index in [1.165, 1.54) is 12.1 Å². The number of nitrogens with zero attached hydrogens (tertiary/aromatic N) is 2. The molecule has 0 unspecified atom stereocenters. The van der Waals surface area contributed by atoms with Crippen molar-refractivity contribution < 1.29 is 4.39 Å². The van der Waals surface area contributed by atoms with Gasteiger partial charge in [0.1, 0.15) is 11.5 Å². The van der Waals surface area contributed by atoms with E-state index in [9.17, 15) is 4.39 Å². The summed E-state index contributed by atoms with van der Waals surface area (Å²) in [5, 5.41) is 0.653. The molecule has 0 radical (unpaired) electrons. The van der Waals surface area contributed by atoms with Gasteiger partial charge in [0.15, 0.2) is 0 Å². The van der Waals surface area contributed by atoms with Gasteiger partial charge in [0, 0.05) is 18.0 Å². The van der Waals surface area contributed by atoms with E-state index in [4.69, 9.17) is 11.6 Å². The molecular formula is C13H9Cl2FN2. The molecule has 2 heterocycles. The number of halogens is 3. The Labute approximate surface area is 114 Å². The lowest BCUT2D eigenvalue weighted by Gasteiger charge is -1.94. The van der Waals surface area contributed by atoms with Crippen LogP contribution in [-0.4, -0.2) is 9.38 Å². The van der Waals surface area contributed by atoms with Crippen molar-refractivity contribution in [2.45, 2.75) is 0 Å². The predicted molar refractivity (Wildman–Crippen MR) is 72.8 cm³/mol. The molecule has 3 aromatic rings. The summed E-state index contributed by atoms with van der Waals surface area (Å²) in [6.07, 6.45) is 3.66. The lowest BCUT2D eigenvalue weighted by molar-refractivity contribution is 0.628. The summed E-state index contributed by atoms with van der Waals surface area (Å²) < 4.78 is 14.7. The third-order valence-corrected chi connectivity index (χ3v) is 2.78. The molecule has 1 aromatic carbocycles. The fourth-order valence-electron chi connectivity index (χ4n) is 1.72. The van der Waals surface area contributed by atoms with Crippen molar-refractivity contribution >= 4 is 29.7 Å². The first kappa shape index (κ1) is 12.9. The van der Waals surface area contributed by atoms with Crippen LogP contribution in [-0.2, 0) is 0 Å². The van der Waals surface area contributed by atoms with E-state index < -0.39 is 0 Å². The van der Waals surface area contributed by atoms with Crippen molar-refractivity contribution in [2.75, 3.05) is 0 Å². The maximum absolute atomic E-state index is 12.8. The second-order valence-corrected chi connectivity index (χ2v) is 4.18. The van der Waals surface area contributed by atoms with Gasteiger partial charge in [-0.05, 0) is 36.4 Å². The number of benzene rings is 1. The Morgan fingerprint density at radius 3 is 2.44 bits per heavy atom. The Morgan fingerprint density at radius 2 is 1.72 bits per heavy atom. The third-order valence-electron chi connectivity index (χ3n) is 2.55.